The van der Waals surface area contributed by atoms with Gasteiger partial charge in [0.2, 0.25) is 5.91 Å². The van der Waals surface area contributed by atoms with Gasteiger partial charge in [0.05, 0.1) is 18.1 Å². The monoisotopic (exact) mass is 279 g/mol. The largest absolute Gasteiger partial charge is 0.548 e. The average Bonchev–Trinajstić information content (AvgIpc) is 2.30. The second-order valence-electron chi connectivity index (χ2n) is 3.55. The quantitative estimate of drug-likeness (QED) is 0.565. The van der Waals surface area contributed by atoms with Crippen LogP contribution in [0.3, 0.4) is 0 Å². The Kier molecular flexibility index (Phi) is 9.39. The smallest absolute Gasteiger partial charge is 0.237 e. The second kappa shape index (κ2) is 9.61. The van der Waals surface area contributed by atoms with Crippen molar-refractivity contribution in [2.75, 3.05) is 24.0 Å². The molecule has 0 radical (unpaired) electrons. The number of hydrogen-bond acceptors (Lipinski definition) is 6. The minimum atomic E-state index is -1.26. The Morgan fingerprint density at radius 3 is 2.24 bits per heavy atom. The number of nitrogens with two attached hydrogens (primary N) is 1. The van der Waals surface area contributed by atoms with Crippen LogP contribution in [0.25, 0.3) is 0 Å². The van der Waals surface area contributed by atoms with E-state index in [0.717, 1.165) is 5.75 Å². The van der Waals surface area contributed by atoms with Gasteiger partial charge in [0, 0.05) is 0 Å². The van der Waals surface area contributed by atoms with Crippen LogP contribution in [0.2, 0.25) is 0 Å². The van der Waals surface area contributed by atoms with Gasteiger partial charge in [0.1, 0.15) is 0 Å². The molecular formula is C10H19N2O3S2-. The highest BCUT2D eigenvalue weighted by Gasteiger charge is 2.18. The summed E-state index contributed by atoms with van der Waals surface area (Å²) in [5.74, 6) is -0.257. The molecule has 0 aliphatic carbocycles. The topological polar surface area (TPSA) is 95.2 Å². The summed E-state index contributed by atoms with van der Waals surface area (Å²) in [5.41, 5.74) is 5.64. The molecule has 0 aromatic heterocycles. The lowest BCUT2D eigenvalue weighted by Gasteiger charge is -2.21. The molecule has 100 valence electrons. The van der Waals surface area contributed by atoms with Gasteiger partial charge in [0.15, 0.2) is 0 Å². The number of carboxylic acid groups (broad SMARTS) is 1. The zero-order chi connectivity index (χ0) is 13.3. The van der Waals surface area contributed by atoms with E-state index >= 15 is 0 Å². The van der Waals surface area contributed by atoms with Crippen LogP contribution in [0.15, 0.2) is 0 Å². The van der Waals surface area contributed by atoms with Gasteiger partial charge in [-0.15, -0.1) is 0 Å². The standard InChI is InChI=1S/C10H20N2O3S2/c1-16-5-3-7(11)9(13)12-8(10(14)15)4-6-17-2/h7-8H,3-6,11H2,1-2H3,(H,12,13)(H,14,15)/p-1. The molecule has 0 heterocycles. The van der Waals surface area contributed by atoms with Crippen LogP contribution in [-0.4, -0.2) is 48.0 Å². The van der Waals surface area contributed by atoms with E-state index in [1.807, 2.05) is 12.5 Å². The number of carbonyl (C=O) groups is 2. The summed E-state index contributed by atoms with van der Waals surface area (Å²) in [5, 5.41) is 13.2. The lowest BCUT2D eigenvalue weighted by atomic mass is 10.2. The second-order valence-corrected chi connectivity index (χ2v) is 5.52. The third-order valence-corrected chi connectivity index (χ3v) is 3.47. The average molecular weight is 279 g/mol. The van der Waals surface area contributed by atoms with Crippen molar-refractivity contribution in [2.45, 2.75) is 24.9 Å². The predicted octanol–water partition coefficient (Wildman–Crippen LogP) is -0.945. The van der Waals surface area contributed by atoms with Crippen molar-refractivity contribution in [1.82, 2.24) is 5.32 Å². The van der Waals surface area contributed by atoms with Crippen LogP contribution in [0, 0.1) is 0 Å². The van der Waals surface area contributed by atoms with Crippen LogP contribution in [0.5, 0.6) is 0 Å². The van der Waals surface area contributed by atoms with Gasteiger partial charge in [-0.3, -0.25) is 4.79 Å². The molecule has 0 saturated heterocycles. The third kappa shape index (κ3) is 7.51. The van der Waals surface area contributed by atoms with Crippen molar-refractivity contribution in [3.63, 3.8) is 0 Å². The maximum atomic E-state index is 11.6. The molecule has 0 fully saturated rings. The maximum absolute atomic E-state index is 11.6. The molecule has 0 aliphatic rings. The first-order valence-corrected chi connectivity index (χ1v) is 8.06. The number of carbonyl (C=O) groups excluding carboxylic acids is 2. The minimum absolute atomic E-state index is 0.352. The number of carboxylic acids is 1. The van der Waals surface area contributed by atoms with E-state index in [2.05, 4.69) is 5.32 Å². The van der Waals surface area contributed by atoms with Gasteiger partial charge in [-0.2, -0.15) is 23.5 Å². The molecular weight excluding hydrogens is 260 g/mol. The van der Waals surface area contributed by atoms with E-state index in [4.69, 9.17) is 5.73 Å². The SMILES string of the molecule is CSCCC(N)C(=O)NC(CCSC)C(=O)[O-]. The van der Waals surface area contributed by atoms with Crippen molar-refractivity contribution in [3.8, 4) is 0 Å². The number of rotatable bonds is 9. The number of nitrogens with one attached hydrogen (secondary N) is 1. The first-order chi connectivity index (χ1) is 8.02. The number of aliphatic carboxylic acids is 1. The van der Waals surface area contributed by atoms with Crippen LogP contribution >= 0.6 is 23.5 Å². The first-order valence-electron chi connectivity index (χ1n) is 5.27. The normalized spacial score (nSPS) is 14.1. The summed E-state index contributed by atoms with van der Waals surface area (Å²) in [7, 11) is 0. The molecule has 0 aliphatic heterocycles. The maximum Gasteiger partial charge on any atom is 0.237 e. The summed E-state index contributed by atoms with van der Waals surface area (Å²) >= 11 is 3.11. The lowest BCUT2D eigenvalue weighted by molar-refractivity contribution is -0.308. The summed E-state index contributed by atoms with van der Waals surface area (Å²) in [6, 6.07) is -1.60. The molecule has 2 unspecified atom stereocenters. The van der Waals surface area contributed by atoms with Crippen LogP contribution in [0.1, 0.15) is 12.8 Å². The highest BCUT2D eigenvalue weighted by atomic mass is 32.2. The van der Waals surface area contributed by atoms with Gasteiger partial charge in [-0.05, 0) is 36.9 Å². The van der Waals surface area contributed by atoms with Gasteiger partial charge in [0.25, 0.3) is 0 Å². The first kappa shape index (κ1) is 16.6. The minimum Gasteiger partial charge on any atom is -0.548 e. The zero-order valence-electron chi connectivity index (χ0n) is 10.1. The molecule has 0 aromatic carbocycles. The van der Waals surface area contributed by atoms with Crippen molar-refractivity contribution in [2.24, 2.45) is 5.73 Å². The van der Waals surface area contributed by atoms with E-state index in [1.54, 1.807) is 11.8 Å². The Morgan fingerprint density at radius 1 is 1.24 bits per heavy atom. The van der Waals surface area contributed by atoms with Crippen LogP contribution in [-0.2, 0) is 9.59 Å². The van der Waals surface area contributed by atoms with Crippen molar-refractivity contribution in [3.05, 3.63) is 0 Å². The van der Waals surface area contributed by atoms with Gasteiger partial charge in [-0.1, -0.05) is 0 Å². The highest BCUT2D eigenvalue weighted by molar-refractivity contribution is 7.98. The molecule has 0 aromatic rings. The predicted molar refractivity (Wildman–Crippen MR) is 70.9 cm³/mol. The molecule has 17 heavy (non-hydrogen) atoms. The fourth-order valence-electron chi connectivity index (χ4n) is 1.14. The van der Waals surface area contributed by atoms with Crippen LogP contribution in [0.4, 0.5) is 0 Å². The summed E-state index contributed by atoms with van der Waals surface area (Å²) in [6.07, 6.45) is 4.69. The van der Waals surface area contributed by atoms with Crippen molar-refractivity contribution in [1.29, 1.82) is 0 Å². The zero-order valence-corrected chi connectivity index (χ0v) is 11.7. The van der Waals surface area contributed by atoms with E-state index in [1.165, 1.54) is 11.8 Å². The molecule has 0 bridgehead atoms. The van der Waals surface area contributed by atoms with Gasteiger partial charge in [-0.25, -0.2) is 0 Å². The molecule has 1 amide bonds. The molecule has 7 heteroatoms. The van der Waals surface area contributed by atoms with Crippen molar-refractivity contribution >= 4 is 35.4 Å². The summed E-state index contributed by atoms with van der Waals surface area (Å²) in [4.78, 5) is 22.4. The Morgan fingerprint density at radius 2 is 1.76 bits per heavy atom. The van der Waals surface area contributed by atoms with E-state index in [9.17, 15) is 14.7 Å². The summed E-state index contributed by atoms with van der Waals surface area (Å²) < 4.78 is 0. The van der Waals surface area contributed by atoms with E-state index < -0.39 is 24.0 Å². The molecule has 2 atom stereocenters. The lowest BCUT2D eigenvalue weighted by Crippen LogP contribution is -2.52. The molecule has 0 spiro atoms. The number of hydrogen-bond donors (Lipinski definition) is 2. The Hall–Kier alpha value is -0.400. The third-order valence-electron chi connectivity index (χ3n) is 2.18. The van der Waals surface area contributed by atoms with Gasteiger partial charge < -0.3 is 21.0 Å². The Labute approximate surface area is 110 Å². The number of thioether (sulfide) groups is 2. The Balaban J connectivity index is 4.15. The molecule has 5 nitrogen and oxygen atoms in total. The van der Waals surface area contributed by atoms with E-state index in [0.29, 0.717) is 18.6 Å². The molecule has 0 saturated carbocycles. The summed E-state index contributed by atoms with van der Waals surface area (Å²) in [6.45, 7) is 0. The fourth-order valence-corrected chi connectivity index (χ4v) is 2.10. The molecule has 0 rings (SSSR count). The van der Waals surface area contributed by atoms with Gasteiger partial charge >= 0.3 is 0 Å². The highest BCUT2D eigenvalue weighted by Crippen LogP contribution is 2.02. The van der Waals surface area contributed by atoms with Crippen molar-refractivity contribution < 1.29 is 14.7 Å². The van der Waals surface area contributed by atoms with E-state index in [-0.39, 0.29) is 0 Å². The van der Waals surface area contributed by atoms with Crippen LogP contribution < -0.4 is 16.2 Å². The number of amides is 1. The fraction of sp³-hybridized carbons (Fsp3) is 0.800. The molecule has 3 N–H and O–H groups in total. The Bertz CT molecular complexity index is 252.